The van der Waals surface area contributed by atoms with Gasteiger partial charge in [-0.2, -0.15) is 13.2 Å². The molecule has 11 heteroatoms. The van der Waals surface area contributed by atoms with Crippen molar-refractivity contribution in [3.63, 3.8) is 0 Å². The van der Waals surface area contributed by atoms with E-state index in [0.717, 1.165) is 29.2 Å². The molecule has 1 aliphatic rings. The summed E-state index contributed by atoms with van der Waals surface area (Å²) in [5.74, 6) is -2.54. The van der Waals surface area contributed by atoms with Gasteiger partial charge in [-0.1, -0.05) is 23.7 Å². The summed E-state index contributed by atoms with van der Waals surface area (Å²) in [6.07, 6.45) is -5.90. The van der Waals surface area contributed by atoms with E-state index in [1.807, 2.05) is 0 Å². The van der Waals surface area contributed by atoms with Crippen molar-refractivity contribution < 1.29 is 31.5 Å². The summed E-state index contributed by atoms with van der Waals surface area (Å²) in [7, 11) is 1.35. The summed E-state index contributed by atoms with van der Waals surface area (Å²) in [5, 5.41) is -0.115. The zero-order valence-electron chi connectivity index (χ0n) is 18.7. The van der Waals surface area contributed by atoms with E-state index in [1.165, 1.54) is 37.4 Å². The minimum absolute atomic E-state index is 0.0492. The smallest absolute Gasteiger partial charge is 0.366 e. The fourth-order valence-electron chi connectivity index (χ4n) is 4.01. The molecule has 2 amide bonds. The zero-order chi connectivity index (χ0) is 26.4. The number of halogens is 6. The lowest BCUT2D eigenvalue weighted by Gasteiger charge is -2.39. The molecule has 2 N–H and O–H groups in total. The quantitative estimate of drug-likeness (QED) is 0.436. The Morgan fingerprint density at radius 1 is 1.08 bits per heavy atom. The maximum absolute atomic E-state index is 14.4. The summed E-state index contributed by atoms with van der Waals surface area (Å²) < 4.78 is 69.3. The van der Waals surface area contributed by atoms with Crippen LogP contribution in [0.3, 0.4) is 0 Å². The van der Waals surface area contributed by atoms with Gasteiger partial charge in [-0.3, -0.25) is 9.59 Å². The molecule has 3 aromatic carbocycles. The molecule has 36 heavy (non-hydrogen) atoms. The number of primary amides is 1. The molecule has 1 heterocycles. The van der Waals surface area contributed by atoms with Crippen LogP contribution >= 0.6 is 11.6 Å². The van der Waals surface area contributed by atoms with Crippen LogP contribution in [-0.4, -0.2) is 38.1 Å². The molecule has 0 unspecified atom stereocenters. The fourth-order valence-corrected chi connectivity index (χ4v) is 4.26. The van der Waals surface area contributed by atoms with Crippen LogP contribution in [0.5, 0.6) is 0 Å². The highest BCUT2D eigenvalue weighted by Crippen LogP contribution is 2.42. The lowest BCUT2D eigenvalue weighted by Crippen LogP contribution is -2.49. The topological polar surface area (TPSA) is 66.6 Å². The third-order valence-corrected chi connectivity index (χ3v) is 6.23. The normalized spacial score (nSPS) is 13.9. The Bertz CT molecular complexity index is 1340. The van der Waals surface area contributed by atoms with Crippen molar-refractivity contribution >= 4 is 34.8 Å². The second-order valence-electron chi connectivity index (χ2n) is 8.29. The Kier molecular flexibility index (Phi) is 6.66. The molecule has 1 aliphatic heterocycles. The Hall–Kier alpha value is -3.66. The first-order valence-corrected chi connectivity index (χ1v) is 11.0. The predicted octanol–water partition coefficient (Wildman–Crippen LogP) is 5.70. The standard InChI is InChI=1S/C25H19ClF5N3O2/c1-33(24(36)22-18(26)3-2-4-19(22)28)20-8-6-13(10-21(20)34-11-15(27)12-34)16-9-14(23(32)35)5-7-17(16)25(29,30)31/h2-10,15H,11-12H2,1H3,(H2,32,35). The number of anilines is 2. The second kappa shape index (κ2) is 9.42. The van der Waals surface area contributed by atoms with Crippen LogP contribution in [0.2, 0.25) is 5.02 Å². The molecule has 0 aromatic heterocycles. The van der Waals surface area contributed by atoms with E-state index in [-0.39, 0.29) is 51.7 Å². The lowest BCUT2D eigenvalue weighted by molar-refractivity contribution is -0.137. The van der Waals surface area contributed by atoms with Crippen molar-refractivity contribution in [3.05, 3.63) is 82.1 Å². The first-order chi connectivity index (χ1) is 16.9. The molecule has 4 rings (SSSR count). The molecule has 0 spiro atoms. The minimum Gasteiger partial charge on any atom is -0.366 e. The van der Waals surface area contributed by atoms with Crippen LogP contribution in [0.4, 0.5) is 33.3 Å². The number of nitrogens with zero attached hydrogens (tertiary/aromatic N) is 2. The van der Waals surface area contributed by atoms with Crippen LogP contribution in [0, 0.1) is 5.82 Å². The molecular weight excluding hydrogens is 505 g/mol. The number of hydrogen-bond acceptors (Lipinski definition) is 3. The van der Waals surface area contributed by atoms with E-state index in [1.54, 1.807) is 4.90 Å². The molecule has 3 aromatic rings. The van der Waals surface area contributed by atoms with Gasteiger partial charge in [-0.05, 0) is 53.6 Å². The van der Waals surface area contributed by atoms with E-state index in [0.29, 0.717) is 0 Å². The van der Waals surface area contributed by atoms with Crippen molar-refractivity contribution in [1.29, 1.82) is 0 Å². The molecule has 0 radical (unpaired) electrons. The highest BCUT2D eigenvalue weighted by Gasteiger charge is 2.35. The van der Waals surface area contributed by atoms with Crippen LogP contribution in [0.25, 0.3) is 11.1 Å². The Balaban J connectivity index is 1.85. The van der Waals surface area contributed by atoms with E-state index in [9.17, 15) is 31.5 Å². The number of benzene rings is 3. The molecule has 0 atom stereocenters. The van der Waals surface area contributed by atoms with Crippen molar-refractivity contribution in [1.82, 2.24) is 0 Å². The molecule has 0 saturated carbocycles. The first kappa shape index (κ1) is 25.4. The van der Waals surface area contributed by atoms with Crippen molar-refractivity contribution in [2.75, 3.05) is 29.9 Å². The minimum atomic E-state index is -4.74. The SMILES string of the molecule is CN(C(=O)c1c(F)cccc1Cl)c1ccc(-c2cc(C(N)=O)ccc2C(F)(F)F)cc1N1CC(F)C1. The summed E-state index contributed by atoms with van der Waals surface area (Å²) in [5.41, 5.74) is 3.97. The summed E-state index contributed by atoms with van der Waals surface area (Å²) in [4.78, 5) is 27.4. The second-order valence-corrected chi connectivity index (χ2v) is 8.70. The van der Waals surface area contributed by atoms with E-state index in [4.69, 9.17) is 17.3 Å². The third kappa shape index (κ3) is 4.73. The molecule has 0 bridgehead atoms. The predicted molar refractivity (Wildman–Crippen MR) is 127 cm³/mol. The average Bonchev–Trinajstić information content (AvgIpc) is 2.80. The van der Waals surface area contributed by atoms with Crippen molar-refractivity contribution in [2.24, 2.45) is 5.73 Å². The molecule has 1 fully saturated rings. The van der Waals surface area contributed by atoms with Crippen LogP contribution in [-0.2, 0) is 6.18 Å². The molecule has 0 aliphatic carbocycles. The van der Waals surface area contributed by atoms with Gasteiger partial charge in [-0.25, -0.2) is 8.78 Å². The number of amides is 2. The Morgan fingerprint density at radius 3 is 2.36 bits per heavy atom. The lowest BCUT2D eigenvalue weighted by atomic mass is 9.95. The average molecular weight is 524 g/mol. The Labute approximate surface area is 207 Å². The maximum Gasteiger partial charge on any atom is 0.417 e. The van der Waals surface area contributed by atoms with Crippen LogP contribution in [0.1, 0.15) is 26.3 Å². The van der Waals surface area contributed by atoms with E-state index >= 15 is 0 Å². The highest BCUT2D eigenvalue weighted by atomic mass is 35.5. The number of rotatable bonds is 5. The summed E-state index contributed by atoms with van der Waals surface area (Å²) >= 11 is 6.03. The van der Waals surface area contributed by atoms with Gasteiger partial charge in [0.25, 0.3) is 5.91 Å². The largest absolute Gasteiger partial charge is 0.417 e. The van der Waals surface area contributed by atoms with Gasteiger partial charge in [0.15, 0.2) is 0 Å². The number of nitrogens with two attached hydrogens (primary N) is 1. The van der Waals surface area contributed by atoms with Gasteiger partial charge in [0.1, 0.15) is 12.0 Å². The fraction of sp³-hybridized carbons (Fsp3) is 0.200. The van der Waals surface area contributed by atoms with E-state index < -0.39 is 35.5 Å². The summed E-state index contributed by atoms with van der Waals surface area (Å²) in [6, 6.07) is 10.6. The van der Waals surface area contributed by atoms with Gasteiger partial charge < -0.3 is 15.5 Å². The molecule has 5 nitrogen and oxygen atoms in total. The van der Waals surface area contributed by atoms with Gasteiger partial charge in [0.05, 0.1) is 40.6 Å². The molecule has 188 valence electrons. The molecule has 1 saturated heterocycles. The van der Waals surface area contributed by atoms with Crippen molar-refractivity contribution in [2.45, 2.75) is 12.3 Å². The van der Waals surface area contributed by atoms with Crippen LogP contribution in [0.15, 0.2) is 54.6 Å². The number of alkyl halides is 4. The number of hydrogen-bond donors (Lipinski definition) is 1. The maximum atomic E-state index is 14.4. The molecular formula is C25H19ClF5N3O2. The van der Waals surface area contributed by atoms with Crippen LogP contribution < -0.4 is 15.5 Å². The monoisotopic (exact) mass is 523 g/mol. The van der Waals surface area contributed by atoms with Gasteiger partial charge in [-0.15, -0.1) is 0 Å². The zero-order valence-corrected chi connectivity index (χ0v) is 19.5. The van der Waals surface area contributed by atoms with Gasteiger partial charge >= 0.3 is 6.18 Å². The van der Waals surface area contributed by atoms with Gasteiger partial charge in [0.2, 0.25) is 5.91 Å². The van der Waals surface area contributed by atoms with Crippen molar-refractivity contribution in [3.8, 4) is 11.1 Å². The van der Waals surface area contributed by atoms with Gasteiger partial charge in [0, 0.05) is 12.6 Å². The number of carbonyl (C=O) groups excluding carboxylic acids is 2. The van der Waals surface area contributed by atoms with E-state index in [2.05, 4.69) is 0 Å². The Morgan fingerprint density at radius 2 is 1.78 bits per heavy atom. The third-order valence-electron chi connectivity index (χ3n) is 5.92. The highest BCUT2D eigenvalue weighted by molar-refractivity contribution is 6.34. The number of carbonyl (C=O) groups is 2. The summed E-state index contributed by atoms with van der Waals surface area (Å²) in [6.45, 7) is -0.0984. The first-order valence-electron chi connectivity index (χ1n) is 10.6.